The van der Waals surface area contributed by atoms with E-state index in [0.717, 1.165) is 12.3 Å². The van der Waals surface area contributed by atoms with Crippen molar-refractivity contribution < 1.29 is 17.9 Å². The highest BCUT2D eigenvalue weighted by molar-refractivity contribution is 8.13. The third-order valence-electron chi connectivity index (χ3n) is 1.17. The van der Waals surface area contributed by atoms with Crippen LogP contribution in [0.3, 0.4) is 0 Å². The summed E-state index contributed by atoms with van der Waals surface area (Å²) in [4.78, 5) is 13.8. The van der Waals surface area contributed by atoms with E-state index in [1.54, 1.807) is 0 Å². The second-order valence-electron chi connectivity index (χ2n) is 2.19. The van der Waals surface area contributed by atoms with E-state index in [1.165, 1.54) is 6.07 Å². The van der Waals surface area contributed by atoms with Crippen LogP contribution in [0.1, 0.15) is 0 Å². The molecule has 1 heterocycles. The van der Waals surface area contributed by atoms with Gasteiger partial charge in [0.2, 0.25) is 0 Å². The summed E-state index contributed by atoms with van der Waals surface area (Å²) in [6, 6.07) is 2.27. The molecule has 1 aromatic rings. The van der Waals surface area contributed by atoms with Gasteiger partial charge in [-0.25, -0.2) is 18.2 Å². The van der Waals surface area contributed by atoms with Gasteiger partial charge in [-0.1, -0.05) is 0 Å². The number of nitrogens with two attached hydrogens (primary N) is 1. The summed E-state index contributed by atoms with van der Waals surface area (Å²) in [5.74, 6) is -0.0354. The predicted octanol–water partition coefficient (Wildman–Crippen LogP) is 0.467. The van der Waals surface area contributed by atoms with Crippen LogP contribution in [0.4, 0.5) is 4.79 Å². The number of halogens is 1. The van der Waals surface area contributed by atoms with Crippen LogP contribution < -0.4 is 10.5 Å². The van der Waals surface area contributed by atoms with Crippen LogP contribution in [-0.2, 0) is 9.05 Å². The number of amides is 1. The molecule has 0 fully saturated rings. The molecule has 0 radical (unpaired) electrons. The van der Waals surface area contributed by atoms with Crippen LogP contribution in [0.5, 0.6) is 5.75 Å². The molecule has 8 heteroatoms. The standard InChI is InChI=1S/C6H5ClN2O4S/c7-14(11,12)5-3-4(1-2-9-5)13-6(8)10/h1-3H,(H2,8,10). The van der Waals surface area contributed by atoms with Crippen LogP contribution in [0.2, 0.25) is 0 Å². The number of nitrogens with zero attached hydrogens (tertiary/aromatic N) is 1. The van der Waals surface area contributed by atoms with Gasteiger partial charge in [0.15, 0.2) is 5.03 Å². The number of aromatic nitrogens is 1. The molecule has 0 aliphatic rings. The molecule has 76 valence electrons. The lowest BCUT2D eigenvalue weighted by Crippen LogP contribution is -2.16. The average Bonchev–Trinajstić information content (AvgIpc) is 2.01. The quantitative estimate of drug-likeness (QED) is 0.753. The summed E-state index contributed by atoms with van der Waals surface area (Å²) in [7, 11) is 1.07. The molecule has 0 aliphatic heterocycles. The van der Waals surface area contributed by atoms with E-state index in [4.69, 9.17) is 16.4 Å². The molecule has 2 N–H and O–H groups in total. The molecule has 0 aromatic carbocycles. The van der Waals surface area contributed by atoms with E-state index >= 15 is 0 Å². The summed E-state index contributed by atoms with van der Waals surface area (Å²) in [5.41, 5.74) is 4.72. The number of hydrogen-bond acceptors (Lipinski definition) is 5. The molecule has 0 aliphatic carbocycles. The minimum Gasteiger partial charge on any atom is -0.410 e. The first-order valence-corrected chi connectivity index (χ1v) is 5.58. The van der Waals surface area contributed by atoms with Crippen molar-refractivity contribution in [2.45, 2.75) is 5.03 Å². The van der Waals surface area contributed by atoms with Crippen molar-refractivity contribution in [3.05, 3.63) is 18.3 Å². The maximum atomic E-state index is 10.8. The molecule has 0 saturated heterocycles. The molecule has 1 amide bonds. The van der Waals surface area contributed by atoms with Crippen molar-refractivity contribution in [3.8, 4) is 5.75 Å². The molecule has 0 atom stereocenters. The molecule has 14 heavy (non-hydrogen) atoms. The van der Waals surface area contributed by atoms with E-state index in [9.17, 15) is 13.2 Å². The average molecular weight is 237 g/mol. The smallest absolute Gasteiger partial charge is 0.409 e. The summed E-state index contributed by atoms with van der Waals surface area (Å²) in [6.45, 7) is 0. The zero-order valence-corrected chi connectivity index (χ0v) is 8.25. The first-order valence-electron chi connectivity index (χ1n) is 3.27. The number of primary amides is 1. The van der Waals surface area contributed by atoms with Gasteiger partial charge in [-0.2, -0.15) is 0 Å². The number of carbonyl (C=O) groups is 1. The highest BCUT2D eigenvalue weighted by Gasteiger charge is 2.12. The molecule has 0 bridgehead atoms. The molecular formula is C6H5ClN2O4S. The maximum absolute atomic E-state index is 10.8. The lowest BCUT2D eigenvalue weighted by atomic mass is 10.5. The normalized spacial score (nSPS) is 10.9. The first kappa shape index (κ1) is 10.7. The van der Waals surface area contributed by atoms with Gasteiger partial charge in [0.05, 0.1) is 0 Å². The van der Waals surface area contributed by atoms with Crippen molar-refractivity contribution in [1.29, 1.82) is 0 Å². The Kier molecular flexibility index (Phi) is 2.92. The molecule has 1 rings (SSSR count). The van der Waals surface area contributed by atoms with Gasteiger partial charge in [0.1, 0.15) is 5.75 Å². The van der Waals surface area contributed by atoms with Crippen LogP contribution in [0, 0.1) is 0 Å². The minimum absolute atomic E-state index is 0.0354. The van der Waals surface area contributed by atoms with Crippen molar-refractivity contribution >= 4 is 25.8 Å². The van der Waals surface area contributed by atoms with Crippen LogP contribution in [0.25, 0.3) is 0 Å². The van der Waals surface area contributed by atoms with Gasteiger partial charge in [-0.05, 0) is 6.07 Å². The Balaban J connectivity index is 3.08. The first-order chi connectivity index (χ1) is 6.39. The maximum Gasteiger partial charge on any atom is 0.409 e. The van der Waals surface area contributed by atoms with Gasteiger partial charge in [-0.15, -0.1) is 0 Å². The van der Waals surface area contributed by atoms with Crippen LogP contribution in [0.15, 0.2) is 23.4 Å². The van der Waals surface area contributed by atoms with E-state index in [0.29, 0.717) is 0 Å². The number of hydrogen-bond donors (Lipinski definition) is 1. The van der Waals surface area contributed by atoms with Crippen LogP contribution in [-0.4, -0.2) is 19.5 Å². The molecule has 6 nitrogen and oxygen atoms in total. The summed E-state index contributed by atoms with van der Waals surface area (Å²) >= 11 is 0. The van der Waals surface area contributed by atoms with Gasteiger partial charge >= 0.3 is 6.09 Å². The van der Waals surface area contributed by atoms with Gasteiger partial charge in [-0.3, -0.25) is 0 Å². The van der Waals surface area contributed by atoms with Crippen LogP contribution >= 0.6 is 10.7 Å². The van der Waals surface area contributed by atoms with E-state index in [2.05, 4.69) is 9.72 Å². The fourth-order valence-corrected chi connectivity index (χ4v) is 1.40. The van der Waals surface area contributed by atoms with E-state index in [-0.39, 0.29) is 5.75 Å². The molecule has 0 saturated carbocycles. The van der Waals surface area contributed by atoms with Gasteiger partial charge < -0.3 is 10.5 Å². The minimum atomic E-state index is -3.93. The van der Waals surface area contributed by atoms with Crippen molar-refractivity contribution in [2.24, 2.45) is 5.73 Å². The Morgan fingerprint density at radius 1 is 1.57 bits per heavy atom. The molecule has 0 unspecified atom stereocenters. The SMILES string of the molecule is NC(=O)Oc1ccnc(S(=O)(=O)Cl)c1. The Morgan fingerprint density at radius 2 is 2.21 bits per heavy atom. The monoisotopic (exact) mass is 236 g/mol. The fraction of sp³-hybridized carbons (Fsp3) is 0. The van der Waals surface area contributed by atoms with Crippen molar-refractivity contribution in [2.75, 3.05) is 0 Å². The zero-order valence-electron chi connectivity index (χ0n) is 6.68. The number of carbonyl (C=O) groups excluding carboxylic acids is 1. The number of pyridine rings is 1. The highest BCUT2D eigenvalue weighted by Crippen LogP contribution is 2.17. The predicted molar refractivity (Wildman–Crippen MR) is 47.5 cm³/mol. The number of ether oxygens (including phenoxy) is 1. The molecule has 0 spiro atoms. The Bertz CT molecular complexity index is 459. The lowest BCUT2D eigenvalue weighted by Gasteiger charge is -2.00. The van der Waals surface area contributed by atoms with Gasteiger partial charge in [0.25, 0.3) is 9.05 Å². The van der Waals surface area contributed by atoms with Crippen molar-refractivity contribution in [3.63, 3.8) is 0 Å². The third kappa shape index (κ3) is 2.86. The van der Waals surface area contributed by atoms with Gasteiger partial charge in [0, 0.05) is 22.9 Å². The highest BCUT2D eigenvalue weighted by atomic mass is 35.7. The zero-order chi connectivity index (χ0) is 10.8. The summed E-state index contributed by atoms with van der Waals surface area (Å²) in [6.07, 6.45) is 0.0854. The van der Waals surface area contributed by atoms with E-state index in [1.807, 2.05) is 0 Å². The Hall–Kier alpha value is -1.34. The molecule has 1 aromatic heterocycles. The number of rotatable bonds is 2. The Labute approximate surface area is 84.1 Å². The fourth-order valence-electron chi connectivity index (χ4n) is 0.704. The second-order valence-corrected chi connectivity index (χ2v) is 4.70. The lowest BCUT2D eigenvalue weighted by molar-refractivity contribution is 0.210. The largest absolute Gasteiger partial charge is 0.410 e. The summed E-state index contributed by atoms with van der Waals surface area (Å²) < 4.78 is 26.0. The third-order valence-corrected chi connectivity index (χ3v) is 2.37. The summed E-state index contributed by atoms with van der Waals surface area (Å²) in [5, 5.41) is -0.405. The second kappa shape index (κ2) is 3.81. The Morgan fingerprint density at radius 3 is 2.71 bits per heavy atom. The topological polar surface area (TPSA) is 99.3 Å². The van der Waals surface area contributed by atoms with Crippen molar-refractivity contribution in [1.82, 2.24) is 4.98 Å². The van der Waals surface area contributed by atoms with E-state index < -0.39 is 20.2 Å². The molecular weight excluding hydrogens is 232 g/mol.